The van der Waals surface area contributed by atoms with Gasteiger partial charge in [0, 0.05) is 6.04 Å². The average molecular weight is 309 g/mol. The minimum atomic E-state index is -4.28. The van der Waals surface area contributed by atoms with Crippen LogP contribution in [0, 0.1) is 0 Å². The summed E-state index contributed by atoms with van der Waals surface area (Å²) in [6.45, 7) is 1.44. The van der Waals surface area contributed by atoms with E-state index in [9.17, 15) is 13.2 Å². The molecule has 0 aliphatic rings. The molecule has 0 aliphatic heterocycles. The highest BCUT2D eigenvalue weighted by atomic mass is 35.5. The number of nitrogens with zero attached hydrogens (tertiary/aromatic N) is 4. The van der Waals surface area contributed by atoms with E-state index in [-0.39, 0.29) is 17.4 Å². The number of halogens is 4. The lowest BCUT2D eigenvalue weighted by Crippen LogP contribution is -2.18. The molecule has 0 saturated heterocycles. The summed E-state index contributed by atoms with van der Waals surface area (Å²) in [6.07, 6.45) is -4.05. The Morgan fingerprint density at radius 3 is 2.65 bits per heavy atom. The molecule has 0 fully saturated rings. The molecule has 2 heterocycles. The quantitative estimate of drug-likeness (QED) is 0.815. The molecule has 2 rings (SSSR count). The van der Waals surface area contributed by atoms with Gasteiger partial charge in [0.15, 0.2) is 11.2 Å². The summed E-state index contributed by atoms with van der Waals surface area (Å²) >= 11 is 5.76. The lowest BCUT2D eigenvalue weighted by Gasteiger charge is -2.17. The monoisotopic (exact) mass is 308 g/mol. The molecule has 0 radical (unpaired) electrons. The first-order valence-corrected chi connectivity index (χ1v) is 6.29. The van der Waals surface area contributed by atoms with E-state index in [1.807, 2.05) is 0 Å². The third kappa shape index (κ3) is 2.79. The van der Waals surface area contributed by atoms with Crippen LogP contribution in [0.15, 0.2) is 6.33 Å². The van der Waals surface area contributed by atoms with Crippen molar-refractivity contribution in [2.75, 3.05) is 7.11 Å². The number of fused-ring (bicyclic) bond motifs is 1. The Balaban J connectivity index is 2.56. The largest absolute Gasteiger partial charge is 0.479 e. The van der Waals surface area contributed by atoms with Crippen molar-refractivity contribution in [3.63, 3.8) is 0 Å². The van der Waals surface area contributed by atoms with Crippen molar-refractivity contribution in [2.45, 2.75) is 31.4 Å². The number of rotatable bonds is 4. The number of hydrogen-bond acceptors (Lipinski definition) is 4. The summed E-state index contributed by atoms with van der Waals surface area (Å²) in [5.74, 6) is 0.485. The molecule has 2 aromatic heterocycles. The third-order valence-electron chi connectivity index (χ3n) is 2.80. The van der Waals surface area contributed by atoms with Crippen LogP contribution in [-0.2, 0) is 5.88 Å². The van der Waals surface area contributed by atoms with Gasteiger partial charge in [-0.25, -0.2) is 9.97 Å². The summed E-state index contributed by atoms with van der Waals surface area (Å²) in [5, 5.41) is 0. The third-order valence-corrected chi connectivity index (χ3v) is 3.04. The smallest absolute Gasteiger partial charge is 0.391 e. The van der Waals surface area contributed by atoms with Gasteiger partial charge in [-0.1, -0.05) is 0 Å². The van der Waals surface area contributed by atoms with Crippen molar-refractivity contribution in [1.29, 1.82) is 0 Å². The normalized spacial score (nSPS) is 13.7. The molecule has 0 aliphatic carbocycles. The van der Waals surface area contributed by atoms with Gasteiger partial charge in [0.2, 0.25) is 5.88 Å². The fourth-order valence-corrected chi connectivity index (χ4v) is 2.25. The maximum absolute atomic E-state index is 12.6. The lowest BCUT2D eigenvalue weighted by molar-refractivity contribution is -0.141. The fraction of sp³-hybridized carbons (Fsp3) is 0.545. The molecule has 0 amide bonds. The molecule has 9 heteroatoms. The Morgan fingerprint density at radius 1 is 1.40 bits per heavy atom. The van der Waals surface area contributed by atoms with E-state index in [2.05, 4.69) is 15.0 Å². The number of alkyl halides is 4. The molecule has 0 spiro atoms. The molecule has 0 N–H and O–H groups in total. The number of hydrogen-bond donors (Lipinski definition) is 0. The summed E-state index contributed by atoms with van der Waals surface area (Å²) < 4.78 is 44.1. The van der Waals surface area contributed by atoms with Gasteiger partial charge >= 0.3 is 6.18 Å². The average Bonchev–Trinajstić information content (AvgIpc) is 2.74. The van der Waals surface area contributed by atoms with Crippen LogP contribution >= 0.6 is 11.6 Å². The van der Waals surface area contributed by atoms with Gasteiger partial charge in [-0.2, -0.15) is 18.2 Å². The molecule has 1 atom stereocenters. The van der Waals surface area contributed by atoms with E-state index < -0.39 is 18.6 Å². The minimum Gasteiger partial charge on any atom is -0.479 e. The SMILES string of the molecule is COc1ncnc2c1nc(CCl)n2C(C)CC(F)(F)F. The van der Waals surface area contributed by atoms with Gasteiger partial charge in [0.25, 0.3) is 0 Å². The van der Waals surface area contributed by atoms with Crippen molar-refractivity contribution >= 4 is 22.8 Å². The van der Waals surface area contributed by atoms with Crippen LogP contribution in [0.3, 0.4) is 0 Å². The van der Waals surface area contributed by atoms with Gasteiger partial charge in [-0.15, -0.1) is 11.6 Å². The highest BCUT2D eigenvalue weighted by molar-refractivity contribution is 6.16. The van der Waals surface area contributed by atoms with Gasteiger partial charge in [0.1, 0.15) is 12.2 Å². The van der Waals surface area contributed by atoms with E-state index in [1.165, 1.54) is 24.9 Å². The number of aromatic nitrogens is 4. The minimum absolute atomic E-state index is 0.0261. The second kappa shape index (κ2) is 5.43. The van der Waals surface area contributed by atoms with Crippen molar-refractivity contribution in [3.05, 3.63) is 12.2 Å². The maximum atomic E-state index is 12.6. The Kier molecular flexibility index (Phi) is 4.03. The molecule has 2 aromatic rings. The molecular formula is C11H12ClF3N4O. The van der Waals surface area contributed by atoms with Crippen LogP contribution in [-0.4, -0.2) is 32.8 Å². The number of methoxy groups -OCH3 is 1. The highest BCUT2D eigenvalue weighted by Crippen LogP contribution is 2.32. The van der Waals surface area contributed by atoms with E-state index in [0.29, 0.717) is 11.3 Å². The van der Waals surface area contributed by atoms with Crippen LogP contribution in [0.2, 0.25) is 0 Å². The van der Waals surface area contributed by atoms with Crippen LogP contribution in [0.4, 0.5) is 13.2 Å². The number of ether oxygens (including phenoxy) is 1. The van der Waals surface area contributed by atoms with Crippen molar-refractivity contribution in [3.8, 4) is 5.88 Å². The molecule has 5 nitrogen and oxygen atoms in total. The fourth-order valence-electron chi connectivity index (χ4n) is 2.07. The van der Waals surface area contributed by atoms with Crippen LogP contribution in [0.1, 0.15) is 25.2 Å². The Morgan fingerprint density at radius 2 is 2.10 bits per heavy atom. The second-order valence-electron chi connectivity index (χ2n) is 4.26. The van der Waals surface area contributed by atoms with Crippen LogP contribution in [0.5, 0.6) is 5.88 Å². The summed E-state index contributed by atoms with van der Waals surface area (Å²) in [7, 11) is 1.40. The molecule has 110 valence electrons. The van der Waals surface area contributed by atoms with E-state index in [0.717, 1.165) is 0 Å². The Hall–Kier alpha value is -1.57. The summed E-state index contributed by atoms with van der Waals surface area (Å²) in [4.78, 5) is 12.0. The Labute approximate surface area is 117 Å². The highest BCUT2D eigenvalue weighted by Gasteiger charge is 2.32. The van der Waals surface area contributed by atoms with Gasteiger partial charge in [-0.05, 0) is 6.92 Å². The summed E-state index contributed by atoms with van der Waals surface area (Å²) in [5.41, 5.74) is 0.587. The molecule has 20 heavy (non-hydrogen) atoms. The topological polar surface area (TPSA) is 52.8 Å². The van der Waals surface area contributed by atoms with Crippen molar-refractivity contribution in [1.82, 2.24) is 19.5 Å². The second-order valence-corrected chi connectivity index (χ2v) is 4.52. The van der Waals surface area contributed by atoms with Crippen molar-refractivity contribution < 1.29 is 17.9 Å². The molecule has 0 aromatic carbocycles. The molecule has 0 bridgehead atoms. The van der Waals surface area contributed by atoms with E-state index in [4.69, 9.17) is 16.3 Å². The zero-order valence-electron chi connectivity index (χ0n) is 10.8. The first-order chi connectivity index (χ1) is 9.37. The lowest BCUT2D eigenvalue weighted by atomic mass is 10.2. The van der Waals surface area contributed by atoms with Crippen LogP contribution in [0.25, 0.3) is 11.2 Å². The van der Waals surface area contributed by atoms with Gasteiger partial charge in [-0.3, -0.25) is 0 Å². The zero-order valence-corrected chi connectivity index (χ0v) is 11.5. The maximum Gasteiger partial charge on any atom is 0.391 e. The zero-order chi connectivity index (χ0) is 14.9. The van der Waals surface area contributed by atoms with Gasteiger partial charge < -0.3 is 9.30 Å². The first kappa shape index (κ1) is 14.8. The van der Waals surface area contributed by atoms with Crippen LogP contribution < -0.4 is 4.74 Å². The molecule has 0 saturated carbocycles. The predicted octanol–water partition coefficient (Wildman–Crippen LogP) is 3.09. The standard InChI is InChI=1S/C11H12ClF3N4O/c1-6(3-11(13,14)15)19-7(4-12)18-8-9(19)16-5-17-10(8)20-2/h5-6H,3-4H2,1-2H3. The van der Waals surface area contributed by atoms with Crippen molar-refractivity contribution in [2.24, 2.45) is 0 Å². The van der Waals surface area contributed by atoms with E-state index in [1.54, 1.807) is 0 Å². The van der Waals surface area contributed by atoms with Gasteiger partial charge in [0.05, 0.1) is 19.4 Å². The predicted molar refractivity (Wildman–Crippen MR) is 66.8 cm³/mol. The number of imidazole rings is 1. The molecule has 1 unspecified atom stereocenters. The first-order valence-electron chi connectivity index (χ1n) is 5.76. The summed E-state index contributed by atoms with van der Waals surface area (Å²) in [6, 6.07) is -0.867. The molecular weight excluding hydrogens is 297 g/mol. The van der Waals surface area contributed by atoms with E-state index >= 15 is 0 Å². The Bertz CT molecular complexity index is 613.